The number of hydrogen-bond acceptors (Lipinski definition) is 4. The maximum atomic E-state index is 5.66. The molecule has 0 amide bonds. The number of nitrogens with one attached hydrogen (secondary N) is 1. The first-order valence-electron chi connectivity index (χ1n) is 5.86. The van der Waals surface area contributed by atoms with Gasteiger partial charge in [0.15, 0.2) is 0 Å². The van der Waals surface area contributed by atoms with Gasteiger partial charge in [-0.1, -0.05) is 6.42 Å². The van der Waals surface area contributed by atoms with Crippen molar-refractivity contribution in [1.82, 2.24) is 15.2 Å². The van der Waals surface area contributed by atoms with Crippen LogP contribution in [0.4, 0.5) is 0 Å². The van der Waals surface area contributed by atoms with Crippen LogP contribution in [0.5, 0.6) is 0 Å². The van der Waals surface area contributed by atoms with Gasteiger partial charge >= 0.3 is 0 Å². The second kappa shape index (κ2) is 5.70. The van der Waals surface area contributed by atoms with Crippen LogP contribution in [0.3, 0.4) is 0 Å². The van der Waals surface area contributed by atoms with Gasteiger partial charge in [-0.25, -0.2) is 0 Å². The van der Waals surface area contributed by atoms with E-state index in [-0.39, 0.29) is 0 Å². The average Bonchev–Trinajstić information content (AvgIpc) is 2.73. The lowest BCUT2D eigenvalue weighted by Gasteiger charge is -2.28. The van der Waals surface area contributed by atoms with Crippen molar-refractivity contribution in [2.75, 3.05) is 5.75 Å². The van der Waals surface area contributed by atoms with Crippen molar-refractivity contribution in [3.63, 3.8) is 0 Å². The molecule has 1 aromatic rings. The summed E-state index contributed by atoms with van der Waals surface area (Å²) < 4.78 is 1.84. The fraction of sp³-hybridized carbons (Fsp3) is 0.727. The third kappa shape index (κ3) is 2.99. The first-order valence-corrected chi connectivity index (χ1v) is 6.90. The minimum absolute atomic E-state index is 0.347. The third-order valence-electron chi connectivity index (χ3n) is 3.08. The van der Waals surface area contributed by atoms with Gasteiger partial charge in [0.1, 0.15) is 0 Å². The number of thioether (sulfide) groups is 1. The Labute approximate surface area is 101 Å². The average molecular weight is 240 g/mol. The summed E-state index contributed by atoms with van der Waals surface area (Å²) in [5, 5.41) is 5.04. The Kier molecular flexibility index (Phi) is 4.26. The molecule has 0 radical (unpaired) electrons. The lowest BCUT2D eigenvalue weighted by molar-refractivity contribution is 0.467. The van der Waals surface area contributed by atoms with Crippen LogP contribution in [0.1, 0.15) is 25.0 Å². The monoisotopic (exact) mass is 240 g/mol. The van der Waals surface area contributed by atoms with E-state index in [1.165, 1.54) is 25.0 Å². The molecule has 1 saturated heterocycles. The van der Waals surface area contributed by atoms with Gasteiger partial charge < -0.3 is 0 Å². The van der Waals surface area contributed by atoms with Gasteiger partial charge in [0.25, 0.3) is 0 Å². The van der Waals surface area contributed by atoms with Crippen molar-refractivity contribution in [1.29, 1.82) is 0 Å². The summed E-state index contributed by atoms with van der Waals surface area (Å²) in [7, 11) is 1.95. The van der Waals surface area contributed by atoms with E-state index in [0.29, 0.717) is 11.3 Å². The highest BCUT2D eigenvalue weighted by Gasteiger charge is 2.24. The molecule has 90 valence electrons. The molecule has 0 aliphatic carbocycles. The summed E-state index contributed by atoms with van der Waals surface area (Å²) in [6, 6.07) is 2.41. The van der Waals surface area contributed by atoms with E-state index >= 15 is 0 Å². The van der Waals surface area contributed by atoms with E-state index in [1.54, 1.807) is 0 Å². The third-order valence-corrected chi connectivity index (χ3v) is 4.59. The van der Waals surface area contributed by atoms with E-state index in [4.69, 9.17) is 5.84 Å². The highest BCUT2D eigenvalue weighted by molar-refractivity contribution is 8.00. The summed E-state index contributed by atoms with van der Waals surface area (Å²) in [6.07, 6.45) is 6.86. The zero-order valence-electron chi connectivity index (χ0n) is 9.72. The van der Waals surface area contributed by atoms with Crippen molar-refractivity contribution >= 4 is 11.8 Å². The zero-order valence-corrected chi connectivity index (χ0v) is 10.5. The maximum absolute atomic E-state index is 5.66. The number of hydrazine groups is 1. The molecule has 0 aromatic carbocycles. The Hall–Kier alpha value is -0.520. The highest BCUT2D eigenvalue weighted by Crippen LogP contribution is 2.28. The molecule has 16 heavy (non-hydrogen) atoms. The first kappa shape index (κ1) is 12.0. The van der Waals surface area contributed by atoms with Crippen LogP contribution in [0, 0.1) is 0 Å². The molecule has 2 atom stereocenters. The van der Waals surface area contributed by atoms with E-state index in [2.05, 4.69) is 16.6 Å². The molecule has 2 rings (SSSR count). The Morgan fingerprint density at radius 1 is 1.69 bits per heavy atom. The van der Waals surface area contributed by atoms with Gasteiger partial charge in [-0.2, -0.15) is 16.9 Å². The van der Waals surface area contributed by atoms with Crippen molar-refractivity contribution in [2.24, 2.45) is 12.9 Å². The molecule has 0 spiro atoms. The maximum Gasteiger partial charge on any atom is 0.0640 e. The predicted molar refractivity (Wildman–Crippen MR) is 68.1 cm³/mol. The van der Waals surface area contributed by atoms with Crippen LogP contribution >= 0.6 is 11.8 Å². The van der Waals surface area contributed by atoms with E-state index < -0.39 is 0 Å². The van der Waals surface area contributed by atoms with Gasteiger partial charge in [0.05, 0.1) is 5.69 Å². The molecule has 1 aliphatic heterocycles. The van der Waals surface area contributed by atoms with Crippen molar-refractivity contribution < 1.29 is 0 Å². The lowest BCUT2D eigenvalue weighted by Crippen LogP contribution is -2.45. The second-order valence-electron chi connectivity index (χ2n) is 4.36. The molecule has 2 heterocycles. The summed E-state index contributed by atoms with van der Waals surface area (Å²) in [5.74, 6) is 6.93. The quantitative estimate of drug-likeness (QED) is 0.611. The van der Waals surface area contributed by atoms with Crippen LogP contribution in [0.25, 0.3) is 0 Å². The normalized spacial score (nSPS) is 23.2. The van der Waals surface area contributed by atoms with Crippen molar-refractivity contribution in [3.05, 3.63) is 18.0 Å². The Balaban J connectivity index is 1.94. The molecule has 5 heteroatoms. The van der Waals surface area contributed by atoms with Gasteiger partial charge in [0.2, 0.25) is 0 Å². The number of aromatic nitrogens is 2. The van der Waals surface area contributed by atoms with E-state index in [1.807, 2.05) is 29.7 Å². The summed E-state index contributed by atoms with van der Waals surface area (Å²) in [6.45, 7) is 0. The molecule has 0 saturated carbocycles. The van der Waals surface area contributed by atoms with Gasteiger partial charge in [0, 0.05) is 31.0 Å². The SMILES string of the molecule is Cn1ccc(CC(NN)C2CCCCS2)n1. The largest absolute Gasteiger partial charge is 0.276 e. The highest BCUT2D eigenvalue weighted by atomic mass is 32.2. The standard InChI is InChI=1S/C11H20N4S/c1-15-6-5-9(14-15)8-10(13-12)11-4-2-3-7-16-11/h5-6,10-11,13H,2-4,7-8,12H2,1H3. The van der Waals surface area contributed by atoms with Crippen molar-refractivity contribution in [3.8, 4) is 0 Å². The second-order valence-corrected chi connectivity index (χ2v) is 5.71. The number of hydrogen-bond donors (Lipinski definition) is 2. The van der Waals surface area contributed by atoms with E-state index in [9.17, 15) is 0 Å². The molecule has 1 aromatic heterocycles. The smallest absolute Gasteiger partial charge is 0.0640 e. The fourth-order valence-electron chi connectivity index (χ4n) is 2.18. The van der Waals surface area contributed by atoms with Crippen molar-refractivity contribution in [2.45, 2.75) is 37.0 Å². The van der Waals surface area contributed by atoms with E-state index in [0.717, 1.165) is 12.1 Å². The number of aryl methyl sites for hydroxylation is 1. The summed E-state index contributed by atoms with van der Waals surface area (Å²) in [4.78, 5) is 0. The fourth-order valence-corrected chi connectivity index (χ4v) is 3.59. The molecule has 1 aliphatic rings. The predicted octanol–water partition coefficient (Wildman–Crippen LogP) is 1.08. The summed E-state index contributed by atoms with van der Waals surface area (Å²) >= 11 is 2.04. The Morgan fingerprint density at radius 2 is 2.56 bits per heavy atom. The number of nitrogens with zero attached hydrogens (tertiary/aromatic N) is 2. The minimum atomic E-state index is 0.347. The van der Waals surface area contributed by atoms with Gasteiger partial charge in [-0.05, 0) is 24.7 Å². The van der Waals surface area contributed by atoms with Crippen LogP contribution in [0.15, 0.2) is 12.3 Å². The molecule has 0 bridgehead atoms. The van der Waals surface area contributed by atoms with Gasteiger partial charge in [-0.3, -0.25) is 16.0 Å². The molecular formula is C11H20N4S. The molecular weight excluding hydrogens is 220 g/mol. The topological polar surface area (TPSA) is 55.9 Å². The zero-order chi connectivity index (χ0) is 11.4. The Bertz CT molecular complexity index is 320. The summed E-state index contributed by atoms with van der Waals surface area (Å²) in [5.41, 5.74) is 4.08. The van der Waals surface area contributed by atoms with Gasteiger partial charge in [-0.15, -0.1) is 0 Å². The molecule has 3 N–H and O–H groups in total. The van der Waals surface area contributed by atoms with Crippen LogP contribution < -0.4 is 11.3 Å². The molecule has 2 unspecified atom stereocenters. The minimum Gasteiger partial charge on any atom is -0.276 e. The number of nitrogens with two attached hydrogens (primary N) is 1. The van der Waals surface area contributed by atoms with Crippen LogP contribution in [0.2, 0.25) is 0 Å². The lowest BCUT2D eigenvalue weighted by atomic mass is 10.0. The Morgan fingerprint density at radius 3 is 3.12 bits per heavy atom. The first-order chi connectivity index (χ1) is 7.79. The number of rotatable bonds is 4. The molecule has 1 fully saturated rings. The van der Waals surface area contributed by atoms with Crippen LogP contribution in [-0.2, 0) is 13.5 Å². The van der Waals surface area contributed by atoms with Crippen LogP contribution in [-0.4, -0.2) is 26.8 Å². The molecule has 4 nitrogen and oxygen atoms in total.